The van der Waals surface area contributed by atoms with E-state index in [1.54, 1.807) is 18.2 Å². The Balaban J connectivity index is 2.48. The van der Waals surface area contributed by atoms with Crippen LogP contribution in [0.1, 0.15) is 16.1 Å². The Bertz CT molecular complexity index is 567. The molecule has 0 bridgehead atoms. The fraction of sp³-hybridized carbons (Fsp3) is 0. The van der Waals surface area contributed by atoms with Crippen LogP contribution in [0.25, 0.3) is 0 Å². The number of carbonyl (C=O) groups is 1. The fourth-order valence-electron chi connectivity index (χ4n) is 1.46. The lowest BCUT2D eigenvalue weighted by molar-refractivity contribution is -0.385. The lowest BCUT2D eigenvalue weighted by atomic mass is 10.1. The van der Waals surface area contributed by atoms with Gasteiger partial charge in [-0.05, 0) is 18.2 Å². The summed E-state index contributed by atoms with van der Waals surface area (Å²) in [7, 11) is 0. The molecule has 0 spiro atoms. The Hall–Kier alpha value is -2.56. The van der Waals surface area contributed by atoms with E-state index in [-0.39, 0.29) is 16.9 Å². The van der Waals surface area contributed by atoms with E-state index in [0.29, 0.717) is 0 Å². The molecule has 84 valence electrons. The molecule has 0 amide bonds. The number of rotatable bonds is 3. The third kappa shape index (κ3) is 2.17. The SMILES string of the molecule is O=C(c1ccccn1)c1ccccc1[N+](=O)[O-]. The highest BCUT2D eigenvalue weighted by atomic mass is 16.6. The number of nitro groups is 1. The smallest absolute Gasteiger partial charge is 0.280 e. The van der Waals surface area contributed by atoms with E-state index in [4.69, 9.17) is 0 Å². The molecule has 0 saturated heterocycles. The highest BCUT2D eigenvalue weighted by molar-refractivity contribution is 6.10. The monoisotopic (exact) mass is 228 g/mol. The number of aromatic nitrogens is 1. The first-order valence-electron chi connectivity index (χ1n) is 4.89. The zero-order valence-corrected chi connectivity index (χ0v) is 8.74. The van der Waals surface area contributed by atoms with Gasteiger partial charge in [0.1, 0.15) is 11.3 Å². The molecular weight excluding hydrogens is 220 g/mol. The van der Waals surface area contributed by atoms with Crippen LogP contribution in [0.4, 0.5) is 5.69 Å². The van der Waals surface area contributed by atoms with Crippen molar-refractivity contribution in [3.05, 3.63) is 70.0 Å². The number of hydrogen-bond donors (Lipinski definition) is 0. The highest BCUT2D eigenvalue weighted by Crippen LogP contribution is 2.20. The summed E-state index contributed by atoms with van der Waals surface area (Å²) in [6, 6.07) is 10.7. The third-order valence-corrected chi connectivity index (χ3v) is 2.24. The molecule has 0 atom stereocenters. The van der Waals surface area contributed by atoms with Crippen molar-refractivity contribution < 1.29 is 9.72 Å². The molecule has 0 aliphatic rings. The van der Waals surface area contributed by atoms with Crippen LogP contribution in [0.2, 0.25) is 0 Å². The van der Waals surface area contributed by atoms with Crippen molar-refractivity contribution in [2.45, 2.75) is 0 Å². The van der Waals surface area contributed by atoms with Crippen LogP contribution < -0.4 is 0 Å². The molecular formula is C12H8N2O3. The van der Waals surface area contributed by atoms with Gasteiger partial charge in [-0.1, -0.05) is 18.2 Å². The number of ketones is 1. The van der Waals surface area contributed by atoms with Crippen LogP contribution in [0.15, 0.2) is 48.7 Å². The molecule has 1 aromatic heterocycles. The number of carbonyl (C=O) groups excluding carboxylic acids is 1. The van der Waals surface area contributed by atoms with E-state index in [9.17, 15) is 14.9 Å². The zero-order valence-electron chi connectivity index (χ0n) is 8.74. The van der Waals surface area contributed by atoms with Crippen LogP contribution in [-0.4, -0.2) is 15.7 Å². The number of pyridine rings is 1. The molecule has 17 heavy (non-hydrogen) atoms. The Morgan fingerprint density at radius 3 is 2.47 bits per heavy atom. The van der Waals surface area contributed by atoms with E-state index < -0.39 is 10.7 Å². The van der Waals surface area contributed by atoms with E-state index in [2.05, 4.69) is 4.98 Å². The van der Waals surface area contributed by atoms with Gasteiger partial charge in [-0.3, -0.25) is 19.9 Å². The minimum Gasteiger partial charge on any atom is -0.287 e. The molecule has 0 fully saturated rings. The van der Waals surface area contributed by atoms with Crippen LogP contribution in [-0.2, 0) is 0 Å². The molecule has 0 N–H and O–H groups in total. The van der Waals surface area contributed by atoms with Crippen molar-refractivity contribution in [1.82, 2.24) is 4.98 Å². The van der Waals surface area contributed by atoms with Crippen molar-refractivity contribution in [2.75, 3.05) is 0 Å². The second-order valence-corrected chi connectivity index (χ2v) is 3.32. The molecule has 0 radical (unpaired) electrons. The van der Waals surface area contributed by atoms with Crippen molar-refractivity contribution in [3.63, 3.8) is 0 Å². The summed E-state index contributed by atoms with van der Waals surface area (Å²) in [6.45, 7) is 0. The first-order chi connectivity index (χ1) is 8.20. The Morgan fingerprint density at radius 2 is 1.82 bits per heavy atom. The van der Waals surface area contributed by atoms with Gasteiger partial charge in [0.05, 0.1) is 4.92 Å². The van der Waals surface area contributed by atoms with Crippen molar-refractivity contribution in [2.24, 2.45) is 0 Å². The van der Waals surface area contributed by atoms with E-state index in [1.165, 1.54) is 30.5 Å². The number of nitro benzene ring substituents is 1. The van der Waals surface area contributed by atoms with Gasteiger partial charge in [-0.2, -0.15) is 0 Å². The van der Waals surface area contributed by atoms with Crippen molar-refractivity contribution in [3.8, 4) is 0 Å². The van der Waals surface area contributed by atoms with E-state index in [0.717, 1.165) is 0 Å². The Kier molecular flexibility index (Phi) is 2.91. The normalized spacial score (nSPS) is 9.88. The second kappa shape index (κ2) is 4.52. The largest absolute Gasteiger partial charge is 0.287 e. The minimum absolute atomic E-state index is 0.0520. The summed E-state index contributed by atoms with van der Waals surface area (Å²) in [4.78, 5) is 26.1. The maximum atomic E-state index is 12.0. The second-order valence-electron chi connectivity index (χ2n) is 3.32. The Labute approximate surface area is 96.9 Å². The van der Waals surface area contributed by atoms with Gasteiger partial charge in [0.2, 0.25) is 5.78 Å². The van der Waals surface area contributed by atoms with Gasteiger partial charge in [0, 0.05) is 12.3 Å². The fourth-order valence-corrected chi connectivity index (χ4v) is 1.46. The summed E-state index contributed by atoms with van der Waals surface area (Å²) in [5, 5.41) is 10.8. The molecule has 5 nitrogen and oxygen atoms in total. The quantitative estimate of drug-likeness (QED) is 0.458. The molecule has 0 aliphatic heterocycles. The summed E-state index contributed by atoms with van der Waals surface area (Å²) < 4.78 is 0. The maximum Gasteiger partial charge on any atom is 0.280 e. The molecule has 2 aromatic rings. The van der Waals surface area contributed by atoms with Crippen LogP contribution in [0, 0.1) is 10.1 Å². The first-order valence-corrected chi connectivity index (χ1v) is 4.89. The van der Waals surface area contributed by atoms with Crippen LogP contribution >= 0.6 is 0 Å². The average molecular weight is 228 g/mol. The molecule has 2 rings (SSSR count). The van der Waals surface area contributed by atoms with Crippen LogP contribution in [0.3, 0.4) is 0 Å². The maximum absolute atomic E-state index is 12.0. The zero-order chi connectivity index (χ0) is 12.3. The van der Waals surface area contributed by atoms with Gasteiger partial charge >= 0.3 is 0 Å². The number of hydrogen-bond acceptors (Lipinski definition) is 4. The minimum atomic E-state index is -0.573. The number of para-hydroxylation sites is 1. The molecule has 5 heteroatoms. The van der Waals surface area contributed by atoms with Gasteiger partial charge in [-0.25, -0.2) is 0 Å². The molecule has 0 aliphatic carbocycles. The van der Waals surface area contributed by atoms with E-state index >= 15 is 0 Å². The van der Waals surface area contributed by atoms with Crippen LogP contribution in [0.5, 0.6) is 0 Å². The summed E-state index contributed by atoms with van der Waals surface area (Å²) in [6.07, 6.45) is 1.47. The summed E-state index contributed by atoms with van der Waals surface area (Å²) in [5.41, 5.74) is 0.0427. The predicted molar refractivity (Wildman–Crippen MR) is 60.8 cm³/mol. The number of nitrogens with zero attached hydrogens (tertiary/aromatic N) is 2. The van der Waals surface area contributed by atoms with Gasteiger partial charge in [0.25, 0.3) is 5.69 Å². The van der Waals surface area contributed by atoms with Crippen molar-refractivity contribution >= 4 is 11.5 Å². The third-order valence-electron chi connectivity index (χ3n) is 2.24. The lowest BCUT2D eigenvalue weighted by Crippen LogP contribution is -2.06. The number of benzene rings is 1. The Morgan fingerprint density at radius 1 is 1.12 bits per heavy atom. The molecule has 0 saturated carbocycles. The van der Waals surface area contributed by atoms with Gasteiger partial charge in [-0.15, -0.1) is 0 Å². The standard InChI is InChI=1S/C12H8N2O3/c15-12(10-6-3-4-8-13-10)9-5-1-2-7-11(9)14(16)17/h1-8H. The first kappa shape index (κ1) is 10.9. The summed E-state index contributed by atoms with van der Waals surface area (Å²) >= 11 is 0. The molecule has 1 heterocycles. The highest BCUT2D eigenvalue weighted by Gasteiger charge is 2.20. The summed E-state index contributed by atoms with van der Waals surface area (Å²) in [5.74, 6) is -0.446. The van der Waals surface area contributed by atoms with E-state index in [1.807, 2.05) is 0 Å². The average Bonchev–Trinajstić information content (AvgIpc) is 2.39. The predicted octanol–water partition coefficient (Wildman–Crippen LogP) is 2.22. The van der Waals surface area contributed by atoms with Crippen molar-refractivity contribution in [1.29, 1.82) is 0 Å². The van der Waals surface area contributed by atoms with Gasteiger partial charge in [0.15, 0.2) is 0 Å². The topological polar surface area (TPSA) is 73.1 Å². The van der Waals surface area contributed by atoms with Gasteiger partial charge < -0.3 is 0 Å². The molecule has 0 unspecified atom stereocenters. The lowest BCUT2D eigenvalue weighted by Gasteiger charge is -2.00. The molecule has 1 aromatic carbocycles.